The molecule has 50 heavy (non-hydrogen) atoms. The van der Waals surface area contributed by atoms with Crippen molar-refractivity contribution in [1.82, 2.24) is 4.98 Å². The Kier molecular flexibility index (Phi) is 43.7. The Morgan fingerprint density at radius 2 is 0.900 bits per heavy atom. The number of nitrogens with zero attached hydrogens (tertiary/aromatic N) is 1. The molecule has 0 aliphatic carbocycles. The molecule has 0 saturated heterocycles. The van der Waals surface area contributed by atoms with Gasteiger partial charge in [-0.1, -0.05) is 149 Å². The zero-order valence-electron chi connectivity index (χ0n) is 29.7. The second-order valence-electron chi connectivity index (χ2n) is 10.5. The Balaban J connectivity index is -0.0000000957. The van der Waals surface area contributed by atoms with Gasteiger partial charge in [-0.2, -0.15) is 0 Å². The van der Waals surface area contributed by atoms with Crippen LogP contribution in [-0.4, -0.2) is 22.3 Å². The van der Waals surface area contributed by atoms with Gasteiger partial charge in [0.15, 0.2) is 23.0 Å². The van der Waals surface area contributed by atoms with Crippen molar-refractivity contribution in [2.75, 3.05) is 5.75 Å². The molecular weight excluding hydrogens is 659 g/mol. The molecule has 5 nitrogen and oxygen atoms in total. The van der Waals surface area contributed by atoms with Crippen LogP contribution in [0.1, 0.15) is 159 Å². The van der Waals surface area contributed by atoms with Crippen molar-refractivity contribution in [3.63, 3.8) is 0 Å². The van der Waals surface area contributed by atoms with Crippen molar-refractivity contribution < 1.29 is 18.9 Å². The summed E-state index contributed by atoms with van der Waals surface area (Å²) < 4.78 is 22.4. The summed E-state index contributed by atoms with van der Waals surface area (Å²) in [6, 6.07) is 18.1. The molecule has 0 saturated carbocycles. The molecule has 0 spiro atoms. The van der Waals surface area contributed by atoms with Gasteiger partial charge in [0.25, 0.3) is 0 Å². The molecule has 0 atom stereocenters. The molecular formula is C43H83NO4S2. The van der Waals surface area contributed by atoms with E-state index in [4.69, 9.17) is 18.9 Å². The summed E-state index contributed by atoms with van der Waals surface area (Å²) >= 11 is 0. The topological polar surface area (TPSA) is 49.8 Å². The van der Waals surface area contributed by atoms with Gasteiger partial charge in [0.1, 0.15) is 5.03 Å². The van der Waals surface area contributed by atoms with Crippen LogP contribution in [0.25, 0.3) is 0 Å². The van der Waals surface area contributed by atoms with Gasteiger partial charge in [0.05, 0.1) is 0 Å². The molecule has 0 unspecified atom stereocenters. The van der Waals surface area contributed by atoms with Crippen LogP contribution in [0.2, 0.25) is 0 Å². The number of pyridine rings is 1. The van der Waals surface area contributed by atoms with Crippen molar-refractivity contribution in [1.29, 1.82) is 0 Å². The van der Waals surface area contributed by atoms with Crippen LogP contribution in [0.4, 0.5) is 0 Å². The minimum atomic E-state index is -0.505. The summed E-state index contributed by atoms with van der Waals surface area (Å²) in [5.41, 5.74) is 2.56. The molecule has 7 heteroatoms. The van der Waals surface area contributed by atoms with Crippen LogP contribution in [-0.2, 0) is 12.8 Å². The highest BCUT2D eigenvalue weighted by Gasteiger charge is 2.32. The van der Waals surface area contributed by atoms with E-state index in [0.717, 1.165) is 46.6 Å². The summed E-state index contributed by atoms with van der Waals surface area (Å²) in [7, 11) is 3.54. The highest BCUT2D eigenvalue weighted by atomic mass is 33.1. The van der Waals surface area contributed by atoms with Gasteiger partial charge in [0, 0.05) is 39.6 Å². The summed E-state index contributed by atoms with van der Waals surface area (Å²) in [6.07, 6.45) is 6.37. The summed E-state index contributed by atoms with van der Waals surface area (Å²) in [5.74, 6) is 3.54. The lowest BCUT2D eigenvalue weighted by Gasteiger charge is -2.16. The van der Waals surface area contributed by atoms with Gasteiger partial charge in [-0.05, 0) is 71.2 Å². The van der Waals surface area contributed by atoms with E-state index in [1.807, 2.05) is 101 Å². The van der Waals surface area contributed by atoms with E-state index >= 15 is 0 Å². The predicted octanol–water partition coefficient (Wildman–Crippen LogP) is 16.0. The maximum absolute atomic E-state index is 5.61. The maximum Gasteiger partial charge on any atom is 0.246 e. The molecule has 0 bridgehead atoms. The Morgan fingerprint density at radius 1 is 0.540 bits per heavy atom. The lowest BCUT2D eigenvalue weighted by Crippen LogP contribution is -2.29. The van der Waals surface area contributed by atoms with Crippen LogP contribution in [0, 0.1) is 0 Å². The maximum atomic E-state index is 5.61. The Labute approximate surface area is 321 Å². The van der Waals surface area contributed by atoms with Crippen LogP contribution >= 0.6 is 21.6 Å². The molecule has 3 heterocycles. The third kappa shape index (κ3) is 25.4. The van der Waals surface area contributed by atoms with E-state index in [1.54, 1.807) is 10.8 Å². The van der Waals surface area contributed by atoms with Crippen LogP contribution in [0.15, 0.2) is 65.8 Å². The molecule has 296 valence electrons. The number of ether oxygens (including phenoxy) is 4. The number of aromatic nitrogens is 1. The lowest BCUT2D eigenvalue weighted by molar-refractivity contribution is -0.0437. The van der Waals surface area contributed by atoms with Crippen molar-refractivity contribution in [3.8, 4) is 23.0 Å². The number of aryl methyl sites for hydroxylation is 2. The number of rotatable bonds is 5. The first kappa shape index (κ1) is 62.6. The minimum absolute atomic E-state index is 0. The molecule has 5 rings (SSSR count). The number of hydrogen-bond donors (Lipinski definition) is 0. The molecule has 2 aliphatic rings. The fourth-order valence-corrected chi connectivity index (χ4v) is 4.98. The Bertz CT molecular complexity index is 1090. The summed E-state index contributed by atoms with van der Waals surface area (Å²) in [6.45, 7) is 26.6. The van der Waals surface area contributed by atoms with Crippen LogP contribution in [0.5, 0.6) is 23.0 Å². The van der Waals surface area contributed by atoms with Gasteiger partial charge >= 0.3 is 0 Å². The molecule has 2 aliphatic heterocycles. The second kappa shape index (κ2) is 34.9. The normalized spacial score (nSPS) is 11.9. The quantitative estimate of drug-likeness (QED) is 0.241. The van der Waals surface area contributed by atoms with E-state index in [2.05, 4.69) is 65.6 Å². The first-order valence-corrected chi connectivity index (χ1v) is 18.5. The monoisotopic (exact) mass is 742 g/mol. The predicted molar refractivity (Wildman–Crippen MR) is 234 cm³/mol. The number of hydrogen-bond acceptors (Lipinski definition) is 7. The van der Waals surface area contributed by atoms with E-state index in [-0.39, 0.29) is 44.6 Å². The molecule has 0 radical (unpaired) electrons. The molecule has 0 N–H and O–H groups in total. The number of fused-ring (bicyclic) bond motifs is 2. The third-order valence-corrected chi connectivity index (χ3v) is 7.49. The average molecular weight is 742 g/mol. The van der Waals surface area contributed by atoms with Gasteiger partial charge in [-0.15, -0.1) is 0 Å². The smallest absolute Gasteiger partial charge is 0.246 e. The zero-order chi connectivity index (χ0) is 33.6. The molecule has 0 fully saturated rings. The highest BCUT2D eigenvalue weighted by Crippen LogP contribution is 2.40. The molecule has 0 amide bonds. The van der Waals surface area contributed by atoms with Crippen LogP contribution in [0.3, 0.4) is 0 Å². The molecule has 1 aromatic heterocycles. The van der Waals surface area contributed by atoms with Crippen LogP contribution < -0.4 is 18.9 Å². The van der Waals surface area contributed by atoms with Crippen molar-refractivity contribution in [2.24, 2.45) is 0 Å². The van der Waals surface area contributed by atoms with Gasteiger partial charge in [-0.3, -0.25) is 0 Å². The van der Waals surface area contributed by atoms with Gasteiger partial charge < -0.3 is 18.9 Å². The van der Waals surface area contributed by atoms with E-state index in [1.165, 1.54) is 24.0 Å². The average Bonchev–Trinajstić information content (AvgIpc) is 3.50. The standard InChI is InChI=1S/2C11H14O2.C7H9NS2.2C3H8.C2H6.6CH4/c2*1-4-8-5-6-9-10(7-8)13-11(2,3)12-9;1-2-9-10-7-5-3-4-6-8-7;2*1-3-2;1-2;;;;;;/h2*5-7H,4H2,1-3H3;3-6H,2H2,1H3;2*3H2,1-2H3;1-2H3;6*1H4. The largest absolute Gasteiger partial charge is 0.449 e. The molecule has 3 aromatic rings. The fraction of sp³-hybridized carbons (Fsp3) is 0.605. The van der Waals surface area contributed by atoms with Crippen molar-refractivity contribution in [3.05, 3.63) is 71.9 Å². The summed E-state index contributed by atoms with van der Waals surface area (Å²) in [4.78, 5) is 4.16. The Hall–Kier alpha value is -2.51. The number of benzene rings is 2. The van der Waals surface area contributed by atoms with Gasteiger partial charge in [-0.25, -0.2) is 4.98 Å². The lowest BCUT2D eigenvalue weighted by atomic mass is 10.1. The van der Waals surface area contributed by atoms with E-state index < -0.39 is 11.6 Å². The first-order chi connectivity index (χ1) is 21.0. The highest BCUT2D eigenvalue weighted by molar-refractivity contribution is 8.76. The van der Waals surface area contributed by atoms with Gasteiger partial charge in [0.2, 0.25) is 11.6 Å². The van der Waals surface area contributed by atoms with E-state index in [0.29, 0.717) is 0 Å². The first-order valence-electron chi connectivity index (χ1n) is 16.2. The third-order valence-electron chi connectivity index (χ3n) is 5.16. The SMILES string of the molecule is C.C.C.C.C.C.CC.CCC.CCC.CCSSc1ccccn1.CCc1ccc2c(c1)OC(C)(C)O2.CCc1ccc2c(c1)OC(C)(C)O2. The minimum Gasteiger partial charge on any atom is -0.449 e. The van der Waals surface area contributed by atoms with Crippen molar-refractivity contribution >= 4 is 21.6 Å². The molecule has 2 aromatic carbocycles. The second-order valence-corrected chi connectivity index (χ2v) is 13.2. The zero-order valence-corrected chi connectivity index (χ0v) is 31.3. The Morgan fingerprint density at radius 3 is 1.20 bits per heavy atom. The summed E-state index contributed by atoms with van der Waals surface area (Å²) in [5, 5.41) is 1.09. The van der Waals surface area contributed by atoms with Crippen molar-refractivity contribution in [2.45, 2.75) is 177 Å². The fourth-order valence-electron chi connectivity index (χ4n) is 3.49. The van der Waals surface area contributed by atoms with E-state index in [9.17, 15) is 0 Å².